The molecule has 1 aromatic carbocycles. The second-order valence-corrected chi connectivity index (χ2v) is 8.00. The third-order valence-corrected chi connectivity index (χ3v) is 3.49. The normalized spacial score (nSPS) is 14.4. The molecule has 0 amide bonds. The van der Waals surface area contributed by atoms with Gasteiger partial charge in [-0.2, -0.15) is 0 Å². The summed E-state index contributed by atoms with van der Waals surface area (Å²) in [6.07, 6.45) is 0. The average molecular weight is 299 g/mol. The first-order valence-corrected chi connectivity index (χ1v) is 8.48. The summed E-state index contributed by atoms with van der Waals surface area (Å²) >= 11 is 0. The number of para-hydroxylation sites is 1. The molecule has 1 atom stereocenters. The van der Waals surface area contributed by atoms with Crippen molar-refractivity contribution in [1.82, 2.24) is 5.09 Å². The number of benzene rings is 1. The first-order valence-electron chi connectivity index (χ1n) is 6.41. The summed E-state index contributed by atoms with van der Waals surface area (Å²) in [5, 5.41) is 2.60. The zero-order valence-electron chi connectivity index (χ0n) is 12.4. The summed E-state index contributed by atoms with van der Waals surface area (Å²) in [7, 11) is -3.08. The van der Waals surface area contributed by atoms with Crippen molar-refractivity contribution in [2.75, 3.05) is 19.8 Å². The van der Waals surface area contributed by atoms with Crippen LogP contribution in [0.25, 0.3) is 0 Å². The average Bonchev–Trinajstić information content (AvgIpc) is 2.34. The Morgan fingerprint density at radius 2 is 1.85 bits per heavy atom. The van der Waals surface area contributed by atoms with Crippen molar-refractivity contribution in [1.29, 1.82) is 0 Å². The Labute approximate surface area is 120 Å². The molecule has 0 fully saturated rings. The zero-order chi connectivity index (χ0) is 15.2. The summed E-state index contributed by atoms with van der Waals surface area (Å²) in [5.41, 5.74) is -0.0912. The van der Waals surface area contributed by atoms with E-state index in [2.05, 4.69) is 5.09 Å². The number of nitrogens with one attached hydrogen (secondary N) is 1. The van der Waals surface area contributed by atoms with Crippen LogP contribution in [-0.2, 0) is 14.1 Å². The van der Waals surface area contributed by atoms with Crippen LogP contribution >= 0.6 is 7.52 Å². The lowest BCUT2D eigenvalue weighted by Gasteiger charge is -2.19. The highest BCUT2D eigenvalue weighted by molar-refractivity contribution is 7.56. The van der Waals surface area contributed by atoms with Crippen LogP contribution in [0.15, 0.2) is 30.3 Å². The summed E-state index contributed by atoms with van der Waals surface area (Å²) in [4.78, 5) is 11.5. The fraction of sp³-hybridized carbons (Fsp3) is 0.500. The number of carbonyl (C=O) groups excluding carboxylic acids is 1. The van der Waals surface area contributed by atoms with Crippen LogP contribution in [0.2, 0.25) is 0 Å². The lowest BCUT2D eigenvalue weighted by molar-refractivity contribution is -0.144. The molecule has 0 aliphatic rings. The van der Waals surface area contributed by atoms with E-state index in [0.29, 0.717) is 12.4 Å². The van der Waals surface area contributed by atoms with Crippen LogP contribution in [0.1, 0.15) is 20.8 Å². The number of hydrogen-bond donors (Lipinski definition) is 1. The molecule has 0 saturated heterocycles. The van der Waals surface area contributed by atoms with E-state index < -0.39 is 13.5 Å². The van der Waals surface area contributed by atoms with E-state index in [1.165, 1.54) is 6.66 Å². The van der Waals surface area contributed by atoms with E-state index in [4.69, 9.17) is 9.26 Å². The summed E-state index contributed by atoms with van der Waals surface area (Å²) in [6, 6.07) is 8.82. The molecule has 5 nitrogen and oxygen atoms in total. The predicted octanol–water partition coefficient (Wildman–Crippen LogP) is 3.07. The minimum Gasteiger partial charge on any atom is -0.464 e. The van der Waals surface area contributed by atoms with Gasteiger partial charge in [-0.25, -0.2) is 5.09 Å². The lowest BCUT2D eigenvalue weighted by Crippen LogP contribution is -2.27. The maximum Gasteiger partial charge on any atom is 0.320 e. The minimum absolute atomic E-state index is 0.0912. The topological polar surface area (TPSA) is 64.6 Å². The molecule has 0 spiro atoms. The first kappa shape index (κ1) is 16.7. The van der Waals surface area contributed by atoms with Gasteiger partial charge in [-0.15, -0.1) is 0 Å². The number of hydrogen-bond acceptors (Lipinski definition) is 4. The van der Waals surface area contributed by atoms with Gasteiger partial charge in [0.2, 0.25) is 0 Å². The van der Waals surface area contributed by atoms with Gasteiger partial charge < -0.3 is 9.26 Å². The highest BCUT2D eigenvalue weighted by atomic mass is 31.2. The molecule has 0 aromatic heterocycles. The summed E-state index contributed by atoms with van der Waals surface area (Å²) < 4.78 is 22.6. The monoisotopic (exact) mass is 299 g/mol. The van der Waals surface area contributed by atoms with Crippen molar-refractivity contribution in [3.63, 3.8) is 0 Å². The van der Waals surface area contributed by atoms with Gasteiger partial charge in [-0.1, -0.05) is 39.0 Å². The number of esters is 1. The SMILES string of the molecule is CC(C)(C)COC(=O)CNP(C)(=O)Oc1ccccc1. The van der Waals surface area contributed by atoms with Gasteiger partial charge in [0.05, 0.1) is 6.61 Å². The molecule has 1 aromatic rings. The van der Waals surface area contributed by atoms with Crippen molar-refractivity contribution < 1.29 is 18.6 Å². The van der Waals surface area contributed by atoms with Gasteiger partial charge in [-0.3, -0.25) is 9.36 Å². The Bertz CT molecular complexity index is 482. The standard InChI is InChI=1S/C14H22NO4P/c1-14(2,3)11-18-13(16)10-15-20(4,17)19-12-8-6-5-7-9-12/h5-9H,10-11H2,1-4H3,(H,15,17). The van der Waals surface area contributed by atoms with Gasteiger partial charge >= 0.3 is 13.5 Å². The molecule has 0 aliphatic heterocycles. The van der Waals surface area contributed by atoms with E-state index in [1.54, 1.807) is 24.3 Å². The summed E-state index contributed by atoms with van der Waals surface area (Å²) in [5.74, 6) is 0.0487. The molecule has 112 valence electrons. The molecule has 1 unspecified atom stereocenters. The lowest BCUT2D eigenvalue weighted by atomic mass is 9.99. The fourth-order valence-corrected chi connectivity index (χ4v) is 2.28. The van der Waals surface area contributed by atoms with Crippen LogP contribution < -0.4 is 9.61 Å². The molecule has 0 saturated carbocycles. The van der Waals surface area contributed by atoms with E-state index in [9.17, 15) is 9.36 Å². The third kappa shape index (κ3) is 7.31. The molecule has 0 bridgehead atoms. The largest absolute Gasteiger partial charge is 0.464 e. The maximum atomic E-state index is 12.1. The van der Waals surface area contributed by atoms with Crippen LogP contribution in [0.5, 0.6) is 5.75 Å². The van der Waals surface area contributed by atoms with Crippen LogP contribution in [-0.4, -0.2) is 25.8 Å². The van der Waals surface area contributed by atoms with E-state index >= 15 is 0 Å². The Morgan fingerprint density at radius 1 is 1.25 bits per heavy atom. The van der Waals surface area contributed by atoms with Crippen LogP contribution in [0.4, 0.5) is 0 Å². The molecule has 20 heavy (non-hydrogen) atoms. The smallest absolute Gasteiger partial charge is 0.320 e. The van der Waals surface area contributed by atoms with E-state index in [-0.39, 0.29) is 12.0 Å². The fourth-order valence-electron chi connectivity index (χ4n) is 1.27. The Balaban J connectivity index is 2.40. The second kappa shape index (κ2) is 6.91. The Morgan fingerprint density at radius 3 is 2.40 bits per heavy atom. The van der Waals surface area contributed by atoms with Gasteiger partial charge in [0.25, 0.3) is 0 Å². The quantitative estimate of drug-likeness (QED) is 0.646. The predicted molar refractivity (Wildman–Crippen MR) is 79.0 cm³/mol. The van der Waals surface area contributed by atoms with Gasteiger partial charge in [0.1, 0.15) is 12.3 Å². The molecule has 6 heteroatoms. The Hall–Kier alpha value is -1.32. The maximum absolute atomic E-state index is 12.1. The molecule has 1 rings (SSSR count). The minimum atomic E-state index is -3.08. The van der Waals surface area contributed by atoms with Gasteiger partial charge in [-0.05, 0) is 17.5 Å². The van der Waals surface area contributed by atoms with Crippen molar-refractivity contribution in [3.05, 3.63) is 30.3 Å². The van der Waals surface area contributed by atoms with Crippen molar-refractivity contribution in [3.8, 4) is 5.75 Å². The molecular weight excluding hydrogens is 277 g/mol. The number of ether oxygens (including phenoxy) is 1. The van der Waals surface area contributed by atoms with E-state index in [0.717, 1.165) is 0 Å². The van der Waals surface area contributed by atoms with Gasteiger partial charge in [0, 0.05) is 6.66 Å². The number of carbonyl (C=O) groups is 1. The van der Waals surface area contributed by atoms with Crippen LogP contribution in [0.3, 0.4) is 0 Å². The van der Waals surface area contributed by atoms with Crippen molar-refractivity contribution in [2.24, 2.45) is 5.41 Å². The highest BCUT2D eigenvalue weighted by Gasteiger charge is 2.20. The van der Waals surface area contributed by atoms with Crippen molar-refractivity contribution >= 4 is 13.5 Å². The second-order valence-electron chi connectivity index (χ2n) is 5.81. The number of rotatable bonds is 6. The molecule has 0 heterocycles. The molecule has 0 aliphatic carbocycles. The molecule has 0 radical (unpaired) electrons. The highest BCUT2D eigenvalue weighted by Crippen LogP contribution is 2.38. The first-order chi connectivity index (χ1) is 9.18. The summed E-state index contributed by atoms with van der Waals surface area (Å²) in [6.45, 7) is 7.51. The molecular formula is C14H22NO4P. The third-order valence-electron chi connectivity index (χ3n) is 2.20. The zero-order valence-corrected chi connectivity index (χ0v) is 13.3. The van der Waals surface area contributed by atoms with Gasteiger partial charge in [0.15, 0.2) is 0 Å². The van der Waals surface area contributed by atoms with Crippen molar-refractivity contribution in [2.45, 2.75) is 20.8 Å². The van der Waals surface area contributed by atoms with Crippen LogP contribution in [0, 0.1) is 5.41 Å². The van der Waals surface area contributed by atoms with E-state index in [1.807, 2.05) is 26.8 Å². The Kier molecular flexibility index (Phi) is 5.78. The molecule has 1 N–H and O–H groups in total.